The molecule has 0 saturated heterocycles. The summed E-state index contributed by atoms with van der Waals surface area (Å²) in [5.41, 5.74) is 18.4. The first-order valence-corrected chi connectivity index (χ1v) is 18.8. The third-order valence-electron chi connectivity index (χ3n) is 11.7. The molecule has 9 aromatic rings. The van der Waals surface area contributed by atoms with Crippen LogP contribution in [0.15, 0.2) is 212 Å². The largest absolute Gasteiger partial charge is 0.310 e. The molecule has 1 heteroatoms. The van der Waals surface area contributed by atoms with Gasteiger partial charge >= 0.3 is 0 Å². The summed E-state index contributed by atoms with van der Waals surface area (Å²) in [7, 11) is 0. The van der Waals surface area contributed by atoms with Gasteiger partial charge in [-0.15, -0.1) is 0 Å². The molecule has 0 atom stereocenters. The number of nitrogens with zero attached hydrogens (tertiary/aromatic N) is 1. The van der Waals surface area contributed by atoms with E-state index in [2.05, 4.69) is 217 Å². The fraction of sp³-hybridized carbons (Fsp3) is 0.0189. The van der Waals surface area contributed by atoms with Crippen molar-refractivity contribution in [2.75, 3.05) is 4.90 Å². The van der Waals surface area contributed by atoms with E-state index in [0.29, 0.717) is 0 Å². The summed E-state index contributed by atoms with van der Waals surface area (Å²) in [5, 5.41) is 2.49. The van der Waals surface area contributed by atoms with E-state index in [0.717, 1.165) is 11.4 Å². The van der Waals surface area contributed by atoms with E-state index in [1.54, 1.807) is 0 Å². The van der Waals surface area contributed by atoms with Gasteiger partial charge in [0, 0.05) is 16.9 Å². The van der Waals surface area contributed by atoms with E-state index in [-0.39, 0.29) is 0 Å². The van der Waals surface area contributed by atoms with Crippen LogP contribution in [-0.2, 0) is 5.41 Å². The van der Waals surface area contributed by atoms with E-state index < -0.39 is 5.41 Å². The Kier molecular flexibility index (Phi) is 6.84. The molecule has 1 nitrogen and oxygen atoms in total. The van der Waals surface area contributed by atoms with Crippen LogP contribution in [0.4, 0.5) is 17.1 Å². The Balaban J connectivity index is 1.16. The van der Waals surface area contributed by atoms with Crippen molar-refractivity contribution in [1.82, 2.24) is 0 Å². The molecule has 0 radical (unpaired) electrons. The molecular formula is C53H35N. The van der Waals surface area contributed by atoms with Gasteiger partial charge in [-0.2, -0.15) is 0 Å². The van der Waals surface area contributed by atoms with E-state index in [1.165, 1.54) is 83.2 Å². The molecule has 2 aliphatic rings. The quantitative estimate of drug-likeness (QED) is 0.174. The summed E-state index contributed by atoms with van der Waals surface area (Å²) in [5.74, 6) is 0. The van der Waals surface area contributed by atoms with Crippen LogP contribution in [0.5, 0.6) is 0 Å². The van der Waals surface area contributed by atoms with Crippen molar-refractivity contribution >= 4 is 27.8 Å². The fourth-order valence-electron chi connectivity index (χ4n) is 9.36. The second kappa shape index (κ2) is 12.0. The van der Waals surface area contributed by atoms with Crippen molar-refractivity contribution in [3.63, 3.8) is 0 Å². The van der Waals surface area contributed by atoms with Crippen molar-refractivity contribution in [1.29, 1.82) is 0 Å². The summed E-state index contributed by atoms with van der Waals surface area (Å²) >= 11 is 0. The molecule has 0 unspecified atom stereocenters. The van der Waals surface area contributed by atoms with Gasteiger partial charge in [-0.1, -0.05) is 176 Å². The maximum absolute atomic E-state index is 2.47. The van der Waals surface area contributed by atoms with Gasteiger partial charge in [-0.05, 0) is 108 Å². The molecule has 9 aromatic carbocycles. The van der Waals surface area contributed by atoms with Gasteiger partial charge < -0.3 is 4.90 Å². The van der Waals surface area contributed by atoms with E-state index in [1.807, 2.05) is 0 Å². The molecule has 1 spiro atoms. The molecule has 0 bridgehead atoms. The summed E-state index contributed by atoms with van der Waals surface area (Å²) in [4.78, 5) is 2.47. The van der Waals surface area contributed by atoms with Crippen molar-refractivity contribution in [2.45, 2.75) is 5.41 Å². The normalized spacial score (nSPS) is 13.0. The Morgan fingerprint density at radius 1 is 0.296 bits per heavy atom. The van der Waals surface area contributed by atoms with Crippen LogP contribution in [0.3, 0.4) is 0 Å². The summed E-state index contributed by atoms with van der Waals surface area (Å²) < 4.78 is 0. The first-order valence-electron chi connectivity index (χ1n) is 18.8. The molecule has 0 saturated carbocycles. The van der Waals surface area contributed by atoms with Crippen molar-refractivity contribution in [2.24, 2.45) is 0 Å². The SMILES string of the molecule is c1ccc(-c2ccc(N(c3cccc(-c4ccc5ccccc5c4)c3)c3cccc4c3-c3ccccc3C43c4ccccc4-c4ccccc43)cc2)cc1. The van der Waals surface area contributed by atoms with Crippen LogP contribution in [0, 0.1) is 0 Å². The predicted molar refractivity (Wildman–Crippen MR) is 226 cm³/mol. The second-order valence-corrected chi connectivity index (χ2v) is 14.4. The lowest BCUT2D eigenvalue weighted by molar-refractivity contribution is 0.794. The molecule has 0 N–H and O–H groups in total. The molecule has 2 aliphatic carbocycles. The highest BCUT2D eigenvalue weighted by atomic mass is 15.1. The van der Waals surface area contributed by atoms with Gasteiger partial charge in [0.2, 0.25) is 0 Å². The molecule has 0 heterocycles. The monoisotopic (exact) mass is 685 g/mol. The number of hydrogen-bond acceptors (Lipinski definition) is 1. The zero-order valence-electron chi connectivity index (χ0n) is 29.7. The fourth-order valence-corrected chi connectivity index (χ4v) is 9.36. The molecule has 0 aliphatic heterocycles. The summed E-state index contributed by atoms with van der Waals surface area (Å²) in [6, 6.07) is 78.2. The highest BCUT2D eigenvalue weighted by Crippen LogP contribution is 2.64. The van der Waals surface area contributed by atoms with Crippen molar-refractivity contribution in [3.8, 4) is 44.5 Å². The molecule has 0 amide bonds. The van der Waals surface area contributed by atoms with Crippen LogP contribution in [0.1, 0.15) is 22.3 Å². The highest BCUT2D eigenvalue weighted by molar-refractivity contribution is 6.01. The van der Waals surface area contributed by atoms with Gasteiger partial charge in [0.15, 0.2) is 0 Å². The van der Waals surface area contributed by atoms with Crippen molar-refractivity contribution in [3.05, 3.63) is 235 Å². The van der Waals surface area contributed by atoms with E-state index >= 15 is 0 Å². The Hall–Kier alpha value is -6.96. The number of hydrogen-bond donors (Lipinski definition) is 0. The lowest BCUT2D eigenvalue weighted by Crippen LogP contribution is -2.26. The standard InChI is InChI=1S/C53H35N/c1-2-14-36(15-3-1)38-30-32-42(33-31-38)54(43-19-12-18-40(35-43)41-29-28-37-16-4-5-17-39(37)34-41)51-27-13-26-50-52(51)46-22-8-11-25-49(46)53(50)47-23-9-6-20-44(47)45-21-7-10-24-48(45)53/h1-35H. The third kappa shape index (κ3) is 4.45. The minimum Gasteiger partial charge on any atom is -0.310 e. The lowest BCUT2D eigenvalue weighted by Gasteiger charge is -2.32. The first kappa shape index (κ1) is 30.6. The second-order valence-electron chi connectivity index (χ2n) is 14.4. The van der Waals surface area contributed by atoms with Crippen LogP contribution in [0.2, 0.25) is 0 Å². The smallest absolute Gasteiger partial charge is 0.0726 e. The van der Waals surface area contributed by atoms with Crippen LogP contribution < -0.4 is 4.90 Å². The van der Waals surface area contributed by atoms with Gasteiger partial charge in [-0.25, -0.2) is 0 Å². The predicted octanol–water partition coefficient (Wildman–Crippen LogP) is 14.0. The Morgan fingerprint density at radius 2 is 0.815 bits per heavy atom. The Bertz CT molecular complexity index is 2840. The van der Waals surface area contributed by atoms with Gasteiger partial charge in [0.25, 0.3) is 0 Å². The zero-order chi connectivity index (χ0) is 35.6. The molecule has 252 valence electrons. The maximum atomic E-state index is 2.47. The van der Waals surface area contributed by atoms with Gasteiger partial charge in [0.05, 0.1) is 11.1 Å². The molecule has 0 fully saturated rings. The average molecular weight is 686 g/mol. The number of anilines is 3. The topological polar surface area (TPSA) is 3.24 Å². The lowest BCUT2D eigenvalue weighted by atomic mass is 9.70. The molecule has 54 heavy (non-hydrogen) atoms. The number of fused-ring (bicyclic) bond motifs is 11. The number of benzene rings is 9. The molecule has 11 rings (SSSR count). The van der Waals surface area contributed by atoms with Crippen LogP contribution in [-0.4, -0.2) is 0 Å². The molecule has 0 aromatic heterocycles. The Labute approximate surface area is 316 Å². The highest BCUT2D eigenvalue weighted by Gasteiger charge is 2.52. The third-order valence-corrected chi connectivity index (χ3v) is 11.7. The molecular weight excluding hydrogens is 651 g/mol. The minimum absolute atomic E-state index is 0.412. The van der Waals surface area contributed by atoms with Gasteiger partial charge in [-0.3, -0.25) is 0 Å². The van der Waals surface area contributed by atoms with Crippen LogP contribution >= 0.6 is 0 Å². The van der Waals surface area contributed by atoms with Crippen molar-refractivity contribution < 1.29 is 0 Å². The summed E-state index contributed by atoms with van der Waals surface area (Å²) in [6.07, 6.45) is 0. The minimum atomic E-state index is -0.412. The maximum Gasteiger partial charge on any atom is 0.0726 e. The van der Waals surface area contributed by atoms with Gasteiger partial charge in [0.1, 0.15) is 0 Å². The zero-order valence-corrected chi connectivity index (χ0v) is 29.7. The average Bonchev–Trinajstić information content (AvgIpc) is 3.72. The summed E-state index contributed by atoms with van der Waals surface area (Å²) in [6.45, 7) is 0. The van der Waals surface area contributed by atoms with E-state index in [9.17, 15) is 0 Å². The number of rotatable bonds is 5. The van der Waals surface area contributed by atoms with Crippen LogP contribution in [0.25, 0.3) is 55.3 Å². The van der Waals surface area contributed by atoms with E-state index in [4.69, 9.17) is 0 Å². The first-order chi connectivity index (χ1) is 26.8. The Morgan fingerprint density at radius 3 is 1.56 bits per heavy atom.